The van der Waals surface area contributed by atoms with Gasteiger partial charge < -0.3 is 19.8 Å². The van der Waals surface area contributed by atoms with E-state index in [9.17, 15) is 14.7 Å². The predicted octanol–water partition coefficient (Wildman–Crippen LogP) is 0.571. The fourth-order valence-corrected chi connectivity index (χ4v) is 1.99. The molecule has 0 radical (unpaired) electrons. The third-order valence-electron chi connectivity index (χ3n) is 3.22. The lowest BCUT2D eigenvalue weighted by Gasteiger charge is -2.19. The molecule has 0 aliphatic carbocycles. The van der Waals surface area contributed by atoms with Crippen LogP contribution in [-0.4, -0.2) is 33.6 Å². The van der Waals surface area contributed by atoms with E-state index in [1.807, 2.05) is 13.8 Å². The van der Waals surface area contributed by atoms with Crippen LogP contribution in [0, 0.1) is 12.8 Å². The molecule has 0 aromatic carbocycles. The molecule has 0 unspecified atom stereocenters. The first kappa shape index (κ1) is 14.3. The van der Waals surface area contributed by atoms with Crippen molar-refractivity contribution < 1.29 is 14.3 Å². The van der Waals surface area contributed by atoms with Gasteiger partial charge in [-0.1, -0.05) is 13.8 Å². The molecule has 7 heteroatoms. The average molecular weight is 279 g/mol. The number of aliphatic hydroxyl groups is 1. The quantitative estimate of drug-likeness (QED) is 0.758. The maximum Gasteiger partial charge on any atom is 0.262 e. The van der Waals surface area contributed by atoms with Gasteiger partial charge in [0.05, 0.1) is 24.5 Å². The minimum absolute atomic E-state index is 0.0684. The second-order valence-electron chi connectivity index (χ2n) is 4.95. The van der Waals surface area contributed by atoms with Gasteiger partial charge in [0.2, 0.25) is 5.71 Å². The predicted molar refractivity (Wildman–Crippen MR) is 72.5 cm³/mol. The summed E-state index contributed by atoms with van der Waals surface area (Å²) < 4.78 is 5.32. The minimum Gasteiger partial charge on any atom is -0.442 e. The first-order valence-electron chi connectivity index (χ1n) is 6.34. The van der Waals surface area contributed by atoms with E-state index in [0.29, 0.717) is 5.76 Å². The number of aromatic amines is 1. The van der Waals surface area contributed by atoms with Crippen molar-refractivity contribution >= 4 is 17.0 Å². The summed E-state index contributed by atoms with van der Waals surface area (Å²) in [5, 5.41) is 12.1. The van der Waals surface area contributed by atoms with Crippen LogP contribution in [0.1, 0.15) is 30.0 Å². The summed E-state index contributed by atoms with van der Waals surface area (Å²) in [5.41, 5.74) is -0.142. The molecule has 2 aromatic rings. The number of aliphatic hydroxyl groups excluding tert-OH is 1. The minimum atomic E-state index is -0.451. The molecule has 1 amide bonds. The van der Waals surface area contributed by atoms with Crippen molar-refractivity contribution in [2.45, 2.75) is 26.8 Å². The highest BCUT2D eigenvalue weighted by atomic mass is 16.3. The summed E-state index contributed by atoms with van der Waals surface area (Å²) in [6, 6.07) is -0.386. The maximum atomic E-state index is 12.3. The summed E-state index contributed by atoms with van der Waals surface area (Å²) in [6.07, 6.45) is 1.22. The fourth-order valence-electron chi connectivity index (χ4n) is 1.99. The molecule has 2 aromatic heterocycles. The zero-order valence-electron chi connectivity index (χ0n) is 11.6. The van der Waals surface area contributed by atoms with E-state index in [1.54, 1.807) is 6.92 Å². The van der Waals surface area contributed by atoms with E-state index in [4.69, 9.17) is 4.42 Å². The third kappa shape index (κ3) is 2.44. The lowest BCUT2D eigenvalue weighted by atomic mass is 10.0. The molecule has 2 rings (SSSR count). The molecular formula is C13H17N3O4. The van der Waals surface area contributed by atoms with Gasteiger partial charge in [-0.3, -0.25) is 9.59 Å². The van der Waals surface area contributed by atoms with Gasteiger partial charge in [0.1, 0.15) is 11.1 Å². The van der Waals surface area contributed by atoms with Gasteiger partial charge in [-0.05, 0) is 12.8 Å². The smallest absolute Gasteiger partial charge is 0.262 e. The molecule has 0 spiro atoms. The number of fused-ring (bicyclic) bond motifs is 1. The van der Waals surface area contributed by atoms with Crippen molar-refractivity contribution in [1.29, 1.82) is 0 Å². The van der Waals surface area contributed by atoms with E-state index < -0.39 is 11.5 Å². The molecule has 0 bridgehead atoms. The number of hydrogen-bond donors (Lipinski definition) is 3. The van der Waals surface area contributed by atoms with Crippen molar-refractivity contribution in [3.8, 4) is 0 Å². The molecule has 7 nitrogen and oxygen atoms in total. The molecule has 0 fully saturated rings. The van der Waals surface area contributed by atoms with Gasteiger partial charge in [0, 0.05) is 0 Å². The number of amides is 1. The number of carbonyl (C=O) groups excluding carboxylic acids is 1. The number of H-pyrrole nitrogens is 1. The Kier molecular flexibility index (Phi) is 3.89. The van der Waals surface area contributed by atoms with Crippen LogP contribution in [0.15, 0.2) is 15.5 Å². The first-order chi connectivity index (χ1) is 9.45. The molecule has 3 N–H and O–H groups in total. The number of aryl methyl sites for hydroxylation is 1. The molecule has 108 valence electrons. The van der Waals surface area contributed by atoms with Gasteiger partial charge in [-0.2, -0.15) is 0 Å². The maximum absolute atomic E-state index is 12.3. The number of furan rings is 1. The van der Waals surface area contributed by atoms with E-state index in [0.717, 1.165) is 0 Å². The van der Waals surface area contributed by atoms with E-state index in [2.05, 4.69) is 15.3 Å². The molecule has 0 aliphatic rings. The first-order valence-corrected chi connectivity index (χ1v) is 6.34. The molecule has 0 saturated heterocycles. The highest BCUT2D eigenvalue weighted by Crippen LogP contribution is 2.20. The lowest BCUT2D eigenvalue weighted by molar-refractivity contribution is 0.0896. The second kappa shape index (κ2) is 5.46. The standard InChI is InChI=1S/C13H17N3O4/c1-6(2)8(4-17)16-12(19)9-7(3)20-13-10(9)11(18)14-5-15-13/h5-6,8,17H,4H2,1-3H3,(H,16,19)(H,14,15,18)/t8-/m1/s1. The number of carbonyl (C=O) groups is 1. The molecular weight excluding hydrogens is 262 g/mol. The average Bonchev–Trinajstić information content (AvgIpc) is 2.73. The van der Waals surface area contributed by atoms with Crippen LogP contribution in [-0.2, 0) is 0 Å². The van der Waals surface area contributed by atoms with Crippen LogP contribution in [0.5, 0.6) is 0 Å². The Labute approximate surface area is 115 Å². The van der Waals surface area contributed by atoms with Crippen molar-refractivity contribution in [3.63, 3.8) is 0 Å². The van der Waals surface area contributed by atoms with E-state index in [1.165, 1.54) is 6.33 Å². The molecule has 20 heavy (non-hydrogen) atoms. The van der Waals surface area contributed by atoms with Crippen molar-refractivity contribution in [2.24, 2.45) is 5.92 Å². The van der Waals surface area contributed by atoms with E-state index in [-0.39, 0.29) is 35.2 Å². The molecule has 0 saturated carbocycles. The number of nitrogens with one attached hydrogen (secondary N) is 2. The van der Waals surface area contributed by atoms with Gasteiger partial charge in [0.25, 0.3) is 11.5 Å². The Balaban J connectivity index is 2.45. The summed E-state index contributed by atoms with van der Waals surface area (Å²) in [4.78, 5) is 30.4. The third-order valence-corrected chi connectivity index (χ3v) is 3.22. The molecule has 0 aliphatic heterocycles. The topological polar surface area (TPSA) is 108 Å². The number of hydrogen-bond acceptors (Lipinski definition) is 5. The molecule has 2 heterocycles. The normalized spacial score (nSPS) is 12.8. The van der Waals surface area contributed by atoms with Gasteiger partial charge >= 0.3 is 0 Å². The Bertz CT molecular complexity index is 686. The van der Waals surface area contributed by atoms with Crippen LogP contribution in [0.4, 0.5) is 0 Å². The van der Waals surface area contributed by atoms with Gasteiger partial charge in [-0.25, -0.2) is 4.98 Å². The van der Waals surface area contributed by atoms with Gasteiger partial charge in [-0.15, -0.1) is 0 Å². The monoisotopic (exact) mass is 279 g/mol. The van der Waals surface area contributed by atoms with Crippen LogP contribution < -0.4 is 10.9 Å². The second-order valence-corrected chi connectivity index (χ2v) is 4.95. The zero-order chi connectivity index (χ0) is 14.9. The van der Waals surface area contributed by atoms with Crippen LogP contribution in [0.25, 0.3) is 11.1 Å². The van der Waals surface area contributed by atoms with E-state index >= 15 is 0 Å². The van der Waals surface area contributed by atoms with Crippen molar-refractivity contribution in [2.75, 3.05) is 6.61 Å². The fraction of sp³-hybridized carbons (Fsp3) is 0.462. The summed E-state index contributed by atoms with van der Waals surface area (Å²) >= 11 is 0. The lowest BCUT2D eigenvalue weighted by Crippen LogP contribution is -2.41. The molecule has 1 atom stereocenters. The van der Waals surface area contributed by atoms with Crippen LogP contribution >= 0.6 is 0 Å². The largest absolute Gasteiger partial charge is 0.442 e. The summed E-state index contributed by atoms with van der Waals surface area (Å²) in [5.74, 6) is -0.0616. The Morgan fingerprint density at radius 1 is 1.55 bits per heavy atom. The highest BCUT2D eigenvalue weighted by molar-refractivity contribution is 6.06. The van der Waals surface area contributed by atoms with Crippen molar-refractivity contribution in [1.82, 2.24) is 15.3 Å². The van der Waals surface area contributed by atoms with Crippen LogP contribution in [0.2, 0.25) is 0 Å². The summed E-state index contributed by atoms with van der Waals surface area (Å²) in [7, 11) is 0. The van der Waals surface area contributed by atoms with Gasteiger partial charge in [0.15, 0.2) is 0 Å². The SMILES string of the molecule is Cc1oc2nc[nH]c(=O)c2c1C(=O)N[C@H](CO)C(C)C. The number of nitrogens with zero attached hydrogens (tertiary/aromatic N) is 1. The summed E-state index contributed by atoms with van der Waals surface area (Å²) in [6.45, 7) is 5.19. The van der Waals surface area contributed by atoms with Crippen molar-refractivity contribution in [3.05, 3.63) is 28.0 Å². The number of rotatable bonds is 4. The Morgan fingerprint density at radius 3 is 2.85 bits per heavy atom. The van der Waals surface area contributed by atoms with Crippen LogP contribution in [0.3, 0.4) is 0 Å². The highest BCUT2D eigenvalue weighted by Gasteiger charge is 2.24. The number of aromatic nitrogens is 2. The Morgan fingerprint density at radius 2 is 2.25 bits per heavy atom. The Hall–Kier alpha value is -2.15. The zero-order valence-corrected chi connectivity index (χ0v) is 11.6.